The van der Waals surface area contributed by atoms with Crippen molar-refractivity contribution in [2.45, 2.75) is 13.8 Å². The number of aromatic nitrogens is 4. The number of hydrogen-bond acceptors (Lipinski definition) is 4. The summed E-state index contributed by atoms with van der Waals surface area (Å²) < 4.78 is 2.63. The van der Waals surface area contributed by atoms with E-state index in [1.807, 2.05) is 32.0 Å². The molecule has 8 heteroatoms. The Balaban J connectivity index is 1.73. The van der Waals surface area contributed by atoms with Crippen LogP contribution in [-0.4, -0.2) is 25.3 Å². The van der Waals surface area contributed by atoms with Crippen LogP contribution in [0.15, 0.2) is 59.8 Å². The van der Waals surface area contributed by atoms with Crippen LogP contribution >= 0.6 is 11.6 Å². The molecule has 0 bridgehead atoms. The fourth-order valence-electron chi connectivity index (χ4n) is 2.85. The Bertz CT molecular complexity index is 1280. The zero-order valence-electron chi connectivity index (χ0n) is 15.2. The summed E-state index contributed by atoms with van der Waals surface area (Å²) >= 11 is 6.04. The number of hydrogen-bond donors (Lipinski definition) is 1. The van der Waals surface area contributed by atoms with Crippen molar-refractivity contribution in [1.82, 2.24) is 19.4 Å². The van der Waals surface area contributed by atoms with Crippen LogP contribution in [0.25, 0.3) is 16.7 Å². The zero-order chi connectivity index (χ0) is 19.8. The number of rotatable bonds is 3. The molecule has 7 nitrogen and oxygen atoms in total. The lowest BCUT2D eigenvalue weighted by molar-refractivity contribution is 0.101. The number of nitrogens with one attached hydrogen (secondary N) is 1. The minimum Gasteiger partial charge on any atom is -0.267 e. The molecule has 0 saturated carbocycles. The Morgan fingerprint density at radius 1 is 1.11 bits per heavy atom. The van der Waals surface area contributed by atoms with E-state index in [1.165, 1.54) is 12.5 Å². The van der Waals surface area contributed by atoms with E-state index in [9.17, 15) is 9.59 Å². The minimum atomic E-state index is -0.504. The molecule has 2 heterocycles. The van der Waals surface area contributed by atoms with Crippen molar-refractivity contribution >= 4 is 28.5 Å². The molecule has 2 aromatic heterocycles. The third kappa shape index (κ3) is 3.05. The summed E-state index contributed by atoms with van der Waals surface area (Å²) in [7, 11) is 0. The van der Waals surface area contributed by atoms with E-state index in [1.54, 1.807) is 28.9 Å². The average Bonchev–Trinajstić information content (AvgIpc) is 3.11. The first-order valence-electron chi connectivity index (χ1n) is 8.54. The van der Waals surface area contributed by atoms with E-state index in [0.717, 1.165) is 21.5 Å². The maximum Gasteiger partial charge on any atom is 0.283 e. The molecule has 0 aliphatic heterocycles. The van der Waals surface area contributed by atoms with E-state index in [-0.39, 0.29) is 5.56 Å². The molecule has 1 amide bonds. The van der Waals surface area contributed by atoms with Gasteiger partial charge in [-0.25, -0.2) is 14.3 Å². The van der Waals surface area contributed by atoms with Crippen LogP contribution in [0.1, 0.15) is 21.5 Å². The number of fused-ring (bicyclic) bond motifs is 1. The lowest BCUT2D eigenvalue weighted by Crippen LogP contribution is -2.33. The number of carbonyl (C=O) groups is 1. The van der Waals surface area contributed by atoms with E-state index in [2.05, 4.69) is 15.5 Å². The van der Waals surface area contributed by atoms with Crippen molar-refractivity contribution in [3.63, 3.8) is 0 Å². The maximum absolute atomic E-state index is 12.8. The Labute approximate surface area is 165 Å². The largest absolute Gasteiger partial charge is 0.283 e. The molecule has 1 N–H and O–H groups in total. The van der Waals surface area contributed by atoms with Gasteiger partial charge in [0.15, 0.2) is 5.65 Å². The van der Waals surface area contributed by atoms with Gasteiger partial charge in [0.05, 0.1) is 22.5 Å². The maximum atomic E-state index is 12.8. The Hall–Kier alpha value is -3.45. The molecule has 4 rings (SSSR count). The van der Waals surface area contributed by atoms with Crippen LogP contribution in [0.4, 0.5) is 0 Å². The van der Waals surface area contributed by atoms with Crippen molar-refractivity contribution in [3.05, 3.63) is 87.1 Å². The van der Waals surface area contributed by atoms with Crippen molar-refractivity contribution < 1.29 is 4.79 Å². The Morgan fingerprint density at radius 3 is 2.64 bits per heavy atom. The van der Waals surface area contributed by atoms with Crippen molar-refractivity contribution in [1.29, 1.82) is 0 Å². The molecule has 0 saturated heterocycles. The van der Waals surface area contributed by atoms with Gasteiger partial charge in [0.25, 0.3) is 11.5 Å². The van der Waals surface area contributed by atoms with Gasteiger partial charge in [0.2, 0.25) is 0 Å². The topological polar surface area (TPSA) is 81.8 Å². The lowest BCUT2D eigenvalue weighted by Gasteiger charge is -2.09. The highest BCUT2D eigenvalue weighted by Gasteiger charge is 2.15. The van der Waals surface area contributed by atoms with Gasteiger partial charge in [0.1, 0.15) is 11.7 Å². The van der Waals surface area contributed by atoms with Gasteiger partial charge in [-0.05, 0) is 49.2 Å². The number of nitrogens with zero attached hydrogens (tertiary/aromatic N) is 4. The van der Waals surface area contributed by atoms with Gasteiger partial charge in [-0.1, -0.05) is 29.8 Å². The van der Waals surface area contributed by atoms with E-state index in [0.29, 0.717) is 16.1 Å². The van der Waals surface area contributed by atoms with E-state index < -0.39 is 11.5 Å². The summed E-state index contributed by atoms with van der Waals surface area (Å²) in [5.74, 6) is -0.504. The molecule has 0 atom stereocenters. The van der Waals surface area contributed by atoms with Crippen LogP contribution in [0, 0.1) is 13.8 Å². The first-order valence-corrected chi connectivity index (χ1v) is 8.92. The first-order chi connectivity index (χ1) is 13.5. The van der Waals surface area contributed by atoms with Gasteiger partial charge in [-0.2, -0.15) is 5.10 Å². The molecular weight excluding hydrogens is 378 g/mol. The minimum absolute atomic E-state index is 0.266. The molecule has 0 spiro atoms. The summed E-state index contributed by atoms with van der Waals surface area (Å²) in [6.45, 7) is 4.04. The second-order valence-corrected chi connectivity index (χ2v) is 6.81. The molecule has 140 valence electrons. The van der Waals surface area contributed by atoms with Crippen LogP contribution in [-0.2, 0) is 0 Å². The van der Waals surface area contributed by atoms with Crippen LogP contribution in [0.5, 0.6) is 0 Å². The standard InChI is InChI=1S/C20H16ClN5O2/c1-12-7-8-14(9-13(12)2)26-18-16(10-23-26)20(28)25(11-22-18)24-19(27)15-5-3-4-6-17(15)21/h3-11H,1-2H3,(H,24,27). The highest BCUT2D eigenvalue weighted by molar-refractivity contribution is 6.34. The van der Waals surface area contributed by atoms with Gasteiger partial charge < -0.3 is 0 Å². The monoisotopic (exact) mass is 393 g/mol. The molecule has 28 heavy (non-hydrogen) atoms. The van der Waals surface area contributed by atoms with Crippen LogP contribution in [0.3, 0.4) is 0 Å². The van der Waals surface area contributed by atoms with Crippen molar-refractivity contribution in [2.75, 3.05) is 5.43 Å². The second kappa shape index (κ2) is 6.94. The third-order valence-electron chi connectivity index (χ3n) is 4.56. The summed E-state index contributed by atoms with van der Waals surface area (Å²) in [5.41, 5.74) is 5.84. The highest BCUT2D eigenvalue weighted by atomic mass is 35.5. The second-order valence-electron chi connectivity index (χ2n) is 6.40. The number of aryl methyl sites for hydroxylation is 2. The normalized spacial score (nSPS) is 11.0. The summed E-state index contributed by atoms with van der Waals surface area (Å²) in [6.07, 6.45) is 2.71. The fraction of sp³-hybridized carbons (Fsp3) is 0.100. The number of amides is 1. The highest BCUT2D eigenvalue weighted by Crippen LogP contribution is 2.17. The Morgan fingerprint density at radius 2 is 1.89 bits per heavy atom. The Kier molecular flexibility index (Phi) is 4.44. The first kappa shape index (κ1) is 17.9. The fourth-order valence-corrected chi connectivity index (χ4v) is 3.07. The third-order valence-corrected chi connectivity index (χ3v) is 4.89. The van der Waals surface area contributed by atoms with Gasteiger partial charge in [-0.3, -0.25) is 15.0 Å². The number of benzene rings is 2. The van der Waals surface area contributed by atoms with E-state index in [4.69, 9.17) is 11.6 Å². The molecular formula is C20H16ClN5O2. The van der Waals surface area contributed by atoms with Gasteiger partial charge >= 0.3 is 0 Å². The van der Waals surface area contributed by atoms with Crippen LogP contribution in [0.2, 0.25) is 5.02 Å². The quantitative estimate of drug-likeness (QED) is 0.579. The summed E-state index contributed by atoms with van der Waals surface area (Å²) in [6, 6.07) is 12.5. The van der Waals surface area contributed by atoms with Crippen molar-refractivity contribution in [2.24, 2.45) is 0 Å². The molecule has 4 aromatic rings. The zero-order valence-corrected chi connectivity index (χ0v) is 15.9. The predicted molar refractivity (Wildman–Crippen MR) is 108 cm³/mol. The van der Waals surface area contributed by atoms with E-state index >= 15 is 0 Å². The smallest absolute Gasteiger partial charge is 0.267 e. The molecule has 0 aliphatic carbocycles. The molecule has 0 radical (unpaired) electrons. The molecule has 0 unspecified atom stereocenters. The molecule has 0 aliphatic rings. The number of carbonyl (C=O) groups excluding carboxylic acids is 1. The van der Waals surface area contributed by atoms with Gasteiger partial charge in [0, 0.05) is 0 Å². The lowest BCUT2D eigenvalue weighted by atomic mass is 10.1. The van der Waals surface area contributed by atoms with Crippen LogP contribution < -0.4 is 11.0 Å². The SMILES string of the molecule is Cc1ccc(-n2ncc3c(=O)n(NC(=O)c4ccccc4Cl)cnc32)cc1C. The van der Waals surface area contributed by atoms with Crippen molar-refractivity contribution in [3.8, 4) is 5.69 Å². The number of halogens is 1. The predicted octanol–water partition coefficient (Wildman–Crippen LogP) is 3.24. The summed E-state index contributed by atoms with van der Waals surface area (Å²) in [4.78, 5) is 29.5. The molecule has 0 fully saturated rings. The van der Waals surface area contributed by atoms with Gasteiger partial charge in [-0.15, -0.1) is 0 Å². The summed E-state index contributed by atoms with van der Waals surface area (Å²) in [5, 5.41) is 4.88. The molecule has 2 aromatic carbocycles. The average molecular weight is 394 g/mol.